The number of carbonyl (C=O) groups excluding carboxylic acids is 4. The van der Waals surface area contributed by atoms with Crippen LogP contribution in [0.2, 0.25) is 0 Å². The fourth-order valence-corrected chi connectivity index (χ4v) is 1.40. The third kappa shape index (κ3) is 13.1. The Morgan fingerprint density at radius 1 is 0.419 bits per heavy atom. The SMILES string of the molecule is O=C(OC(OC(=O)C(Cl)(Cl)Cl)OC(OC(=O)C(Cl)(Cl)Cl)OC(=O)C(Cl)(Cl)Cl)C(Cl)(Cl)Cl. The fraction of sp³-hybridized carbons (Fsp3) is 0.600. The molecule has 0 aliphatic rings. The normalized spacial score (nSPS) is 13.1. The number of hydrogen-bond acceptors (Lipinski definition) is 9. The number of ether oxygens (including phenoxy) is 5. The molecule has 0 fully saturated rings. The molecule has 9 nitrogen and oxygen atoms in total. The zero-order valence-electron chi connectivity index (χ0n) is 13.4. The Labute approximate surface area is 232 Å². The average molecular weight is 692 g/mol. The van der Waals surface area contributed by atoms with Crippen LogP contribution in [0.4, 0.5) is 0 Å². The lowest BCUT2D eigenvalue weighted by molar-refractivity contribution is -0.359. The van der Waals surface area contributed by atoms with Gasteiger partial charge >= 0.3 is 36.8 Å². The number of rotatable bonds is 6. The summed E-state index contributed by atoms with van der Waals surface area (Å²) in [5, 5.41) is 0. The summed E-state index contributed by atoms with van der Waals surface area (Å²) < 4.78 is 11.2. The Balaban J connectivity index is 5.84. The fourth-order valence-electron chi connectivity index (χ4n) is 0.867. The van der Waals surface area contributed by atoms with E-state index in [9.17, 15) is 19.2 Å². The molecule has 0 heterocycles. The monoisotopic (exact) mass is 686 g/mol. The first-order chi connectivity index (χ1) is 13.5. The Morgan fingerprint density at radius 3 is 0.710 bits per heavy atom. The summed E-state index contributed by atoms with van der Waals surface area (Å²) in [4.78, 5) is 46.9. The zero-order chi connectivity index (χ0) is 25.0. The van der Waals surface area contributed by atoms with Gasteiger partial charge < -0.3 is 18.9 Å². The van der Waals surface area contributed by atoms with Crippen molar-refractivity contribution in [3.05, 3.63) is 0 Å². The predicted molar refractivity (Wildman–Crippen MR) is 114 cm³/mol. The number of alkyl halides is 12. The second-order valence-electron chi connectivity index (χ2n) is 4.33. The Morgan fingerprint density at radius 2 is 0.581 bits per heavy atom. The maximum atomic E-state index is 11.7. The molecule has 31 heavy (non-hydrogen) atoms. The maximum Gasteiger partial charge on any atom is 0.370 e. The molecule has 0 spiro atoms. The van der Waals surface area contributed by atoms with Gasteiger partial charge in [-0.05, 0) is 0 Å². The molecule has 0 aliphatic carbocycles. The largest absolute Gasteiger partial charge is 0.397 e. The lowest BCUT2D eigenvalue weighted by atomic mass is 10.7. The summed E-state index contributed by atoms with van der Waals surface area (Å²) in [6, 6.07) is 0. The minimum Gasteiger partial charge on any atom is -0.397 e. The molecular formula is C10H2Cl12O9. The highest BCUT2D eigenvalue weighted by Crippen LogP contribution is 2.33. The van der Waals surface area contributed by atoms with Gasteiger partial charge in [0.05, 0.1) is 0 Å². The molecule has 0 N–H and O–H groups in total. The Kier molecular flexibility index (Phi) is 12.9. The lowest BCUT2D eigenvalue weighted by Gasteiger charge is -2.26. The minimum atomic E-state index is -2.76. The summed E-state index contributed by atoms with van der Waals surface area (Å²) in [6.07, 6.45) is 0. The van der Waals surface area contributed by atoms with Crippen molar-refractivity contribution >= 4 is 163 Å². The molecule has 0 aromatic rings. The molecule has 0 atom stereocenters. The highest BCUT2D eigenvalue weighted by atomic mass is 35.6. The van der Waals surface area contributed by atoms with Crippen LogP contribution in [-0.4, -0.2) is 52.0 Å². The molecule has 0 amide bonds. The van der Waals surface area contributed by atoms with Crippen LogP contribution in [0.25, 0.3) is 0 Å². The molecular weight excluding hydrogens is 690 g/mol. The van der Waals surface area contributed by atoms with Gasteiger partial charge in [0, 0.05) is 0 Å². The third-order valence-corrected chi connectivity index (χ3v) is 3.81. The lowest BCUT2D eigenvalue weighted by Crippen LogP contribution is -2.42. The quantitative estimate of drug-likeness (QED) is 0.210. The summed E-state index contributed by atoms with van der Waals surface area (Å²) in [5.41, 5.74) is 0. The second-order valence-corrected chi connectivity index (χ2v) is 13.5. The standard InChI is InChI=1S/C10H2Cl12O9/c11-7(12,13)1(23)27-5(28-2(24)8(14,15)16)31-6(29-3(25)9(17,18)19)30-4(26)10(20,21)22/h5-6H. The van der Waals surface area contributed by atoms with Crippen molar-refractivity contribution in [1.29, 1.82) is 0 Å². The van der Waals surface area contributed by atoms with Crippen LogP contribution in [-0.2, 0) is 42.9 Å². The molecule has 0 bridgehead atoms. The summed E-state index contributed by atoms with van der Waals surface area (Å²) in [5.74, 6) is -6.95. The topological polar surface area (TPSA) is 114 Å². The first-order valence-corrected chi connectivity index (χ1v) is 10.9. The van der Waals surface area contributed by atoms with Gasteiger partial charge in [-0.15, -0.1) is 0 Å². The highest BCUT2D eigenvalue weighted by molar-refractivity contribution is 6.77. The second kappa shape index (κ2) is 12.3. The first kappa shape index (κ1) is 32.3. The highest BCUT2D eigenvalue weighted by Gasteiger charge is 2.44. The maximum absolute atomic E-state index is 11.7. The van der Waals surface area contributed by atoms with Crippen LogP contribution in [0.15, 0.2) is 0 Å². The van der Waals surface area contributed by atoms with Gasteiger partial charge in [-0.1, -0.05) is 139 Å². The van der Waals surface area contributed by atoms with Gasteiger partial charge in [-0.25, -0.2) is 23.9 Å². The van der Waals surface area contributed by atoms with Crippen molar-refractivity contribution in [3.8, 4) is 0 Å². The Bertz CT molecular complexity index is 575. The smallest absolute Gasteiger partial charge is 0.370 e. The van der Waals surface area contributed by atoms with Crippen molar-refractivity contribution in [1.82, 2.24) is 0 Å². The summed E-state index contributed by atoms with van der Waals surface area (Å²) >= 11 is 63.4. The molecule has 0 rings (SSSR count). The van der Waals surface area contributed by atoms with Crippen molar-refractivity contribution in [2.24, 2.45) is 0 Å². The van der Waals surface area contributed by atoms with Gasteiger partial charge in [0.2, 0.25) is 0 Å². The molecule has 0 saturated carbocycles. The van der Waals surface area contributed by atoms with E-state index in [-0.39, 0.29) is 0 Å². The molecule has 0 unspecified atom stereocenters. The van der Waals surface area contributed by atoms with Crippen LogP contribution in [0.5, 0.6) is 0 Å². The van der Waals surface area contributed by atoms with Crippen LogP contribution in [0, 0.1) is 0 Å². The van der Waals surface area contributed by atoms with Crippen molar-refractivity contribution in [2.45, 2.75) is 28.1 Å². The molecule has 0 radical (unpaired) electrons. The number of carbonyl (C=O) groups is 4. The van der Waals surface area contributed by atoms with Gasteiger partial charge in [0.25, 0.3) is 15.2 Å². The molecule has 0 saturated heterocycles. The van der Waals surface area contributed by atoms with Crippen molar-refractivity contribution in [3.63, 3.8) is 0 Å². The Hall–Kier alpha value is 1.32. The van der Waals surface area contributed by atoms with E-state index in [1.165, 1.54) is 0 Å². The molecule has 180 valence electrons. The number of hydrogen-bond donors (Lipinski definition) is 0. The molecule has 0 aromatic heterocycles. The van der Waals surface area contributed by atoms with E-state index in [1.54, 1.807) is 0 Å². The van der Waals surface area contributed by atoms with Gasteiger partial charge in [-0.2, -0.15) is 0 Å². The van der Waals surface area contributed by atoms with E-state index in [2.05, 4.69) is 23.7 Å². The summed E-state index contributed by atoms with van der Waals surface area (Å²) in [7, 11) is 0. The van der Waals surface area contributed by atoms with Gasteiger partial charge in [0.15, 0.2) is 0 Å². The van der Waals surface area contributed by atoms with E-state index < -0.39 is 52.0 Å². The van der Waals surface area contributed by atoms with Crippen LogP contribution in [0.3, 0.4) is 0 Å². The average Bonchev–Trinajstić information content (AvgIpc) is 2.50. The van der Waals surface area contributed by atoms with E-state index >= 15 is 0 Å². The number of esters is 4. The molecule has 21 heteroatoms. The number of halogens is 12. The predicted octanol–water partition coefficient (Wildman–Crippen LogP) is 5.22. The van der Waals surface area contributed by atoms with E-state index in [4.69, 9.17) is 139 Å². The van der Waals surface area contributed by atoms with Crippen LogP contribution >= 0.6 is 139 Å². The van der Waals surface area contributed by atoms with Crippen molar-refractivity contribution < 1.29 is 42.9 Å². The third-order valence-electron chi connectivity index (χ3n) is 1.96. The minimum absolute atomic E-state index is 1.74. The van der Waals surface area contributed by atoms with E-state index in [0.29, 0.717) is 0 Å². The summed E-state index contributed by atoms with van der Waals surface area (Å²) in [6.45, 7) is -5.36. The van der Waals surface area contributed by atoms with Crippen molar-refractivity contribution in [2.75, 3.05) is 0 Å². The molecule has 0 aliphatic heterocycles. The molecule has 0 aromatic carbocycles. The van der Waals surface area contributed by atoms with Crippen LogP contribution in [0.1, 0.15) is 0 Å². The van der Waals surface area contributed by atoms with E-state index in [0.717, 1.165) is 0 Å². The first-order valence-electron chi connectivity index (χ1n) is 6.31. The van der Waals surface area contributed by atoms with Gasteiger partial charge in [0.1, 0.15) is 0 Å². The van der Waals surface area contributed by atoms with Gasteiger partial charge in [-0.3, -0.25) is 0 Å². The van der Waals surface area contributed by atoms with Crippen LogP contribution < -0.4 is 0 Å². The zero-order valence-corrected chi connectivity index (χ0v) is 22.4. The van der Waals surface area contributed by atoms with E-state index in [1.807, 2.05) is 0 Å².